The lowest BCUT2D eigenvalue weighted by Crippen LogP contribution is -2.18. The first kappa shape index (κ1) is 8.96. The molecule has 0 aliphatic heterocycles. The van der Waals surface area contributed by atoms with E-state index in [1.165, 1.54) is 4.57 Å². The van der Waals surface area contributed by atoms with Crippen molar-refractivity contribution in [2.75, 3.05) is 0 Å². The fourth-order valence-electron chi connectivity index (χ4n) is 1.21. The van der Waals surface area contributed by atoms with Crippen molar-refractivity contribution in [2.45, 2.75) is 11.7 Å². The van der Waals surface area contributed by atoms with Crippen LogP contribution in [-0.2, 0) is 19.2 Å². The molecule has 14 heavy (non-hydrogen) atoms. The highest BCUT2D eigenvalue weighted by Crippen LogP contribution is 2.01. The Bertz CT molecular complexity index is 474. The average Bonchev–Trinajstić information content (AvgIpc) is 2.51. The molecule has 0 saturated heterocycles. The summed E-state index contributed by atoms with van der Waals surface area (Å²) in [5.41, 5.74) is 0.765. The van der Waals surface area contributed by atoms with E-state index in [2.05, 4.69) is 10.2 Å². The van der Waals surface area contributed by atoms with Crippen LogP contribution in [0.2, 0.25) is 0 Å². The van der Waals surface area contributed by atoms with Crippen molar-refractivity contribution in [3.63, 3.8) is 0 Å². The second-order valence-electron chi connectivity index (χ2n) is 2.88. The predicted molar refractivity (Wildman–Crippen MR) is 54.0 cm³/mol. The minimum atomic E-state index is -0.265. The Kier molecular flexibility index (Phi) is 2.32. The van der Waals surface area contributed by atoms with Crippen molar-refractivity contribution in [1.82, 2.24) is 14.8 Å². The molecule has 2 rings (SSSR count). The zero-order valence-electron chi connectivity index (χ0n) is 7.30. The highest BCUT2D eigenvalue weighted by atomic mass is 32.1. The van der Waals surface area contributed by atoms with Gasteiger partial charge in [0.25, 0.3) is 0 Å². The summed E-state index contributed by atoms with van der Waals surface area (Å²) in [6.07, 6.45) is 0. The van der Waals surface area contributed by atoms with E-state index < -0.39 is 0 Å². The van der Waals surface area contributed by atoms with Crippen LogP contribution in [0.3, 0.4) is 0 Å². The second-order valence-corrected chi connectivity index (χ2v) is 3.25. The summed E-state index contributed by atoms with van der Waals surface area (Å²) in [7, 11) is 0. The number of benzene rings is 1. The summed E-state index contributed by atoms with van der Waals surface area (Å²) in [5.74, 6) is 0. The van der Waals surface area contributed by atoms with Gasteiger partial charge < -0.3 is 12.6 Å². The normalized spacial score (nSPS) is 10.3. The number of nitrogens with one attached hydrogen (secondary N) is 1. The third-order valence-electron chi connectivity index (χ3n) is 1.91. The minimum Gasteiger partial charge on any atom is -0.740 e. The van der Waals surface area contributed by atoms with Gasteiger partial charge in [0.15, 0.2) is 0 Å². The Morgan fingerprint density at radius 2 is 2.07 bits per heavy atom. The number of aromatic amines is 1. The van der Waals surface area contributed by atoms with E-state index in [1.54, 1.807) is 0 Å². The maximum absolute atomic E-state index is 11.2. The van der Waals surface area contributed by atoms with Crippen LogP contribution in [0.5, 0.6) is 0 Å². The summed E-state index contributed by atoms with van der Waals surface area (Å²) in [6.45, 7) is 0.467. The fraction of sp³-hybridized carbons (Fsp3) is 0.111. The van der Waals surface area contributed by atoms with Crippen LogP contribution < -0.4 is 5.69 Å². The maximum Gasteiger partial charge on any atom is 0.342 e. The summed E-state index contributed by atoms with van der Waals surface area (Å²) in [5, 5.41) is 6.25. The average molecular weight is 206 g/mol. The third kappa shape index (κ3) is 1.67. The van der Waals surface area contributed by atoms with Crippen LogP contribution in [0.1, 0.15) is 5.56 Å². The lowest BCUT2D eigenvalue weighted by atomic mass is 10.2. The van der Waals surface area contributed by atoms with Crippen molar-refractivity contribution in [3.8, 4) is 0 Å². The Morgan fingerprint density at radius 1 is 1.36 bits per heavy atom. The van der Waals surface area contributed by atoms with Gasteiger partial charge in [-0.1, -0.05) is 30.3 Å². The van der Waals surface area contributed by atoms with Crippen LogP contribution in [-0.4, -0.2) is 14.8 Å². The molecule has 0 aliphatic carbocycles. The van der Waals surface area contributed by atoms with E-state index in [1.807, 2.05) is 30.3 Å². The van der Waals surface area contributed by atoms with Gasteiger partial charge in [-0.3, -0.25) is 4.57 Å². The number of hydrogen-bond donors (Lipinski definition) is 1. The molecule has 0 unspecified atom stereocenters. The molecule has 0 aliphatic rings. The smallest absolute Gasteiger partial charge is 0.342 e. The van der Waals surface area contributed by atoms with Crippen molar-refractivity contribution >= 4 is 12.6 Å². The van der Waals surface area contributed by atoms with E-state index >= 15 is 0 Å². The first-order chi connectivity index (χ1) is 6.77. The van der Waals surface area contributed by atoms with Crippen molar-refractivity contribution in [3.05, 3.63) is 46.4 Å². The summed E-state index contributed by atoms with van der Waals surface area (Å²) in [6, 6.07) is 9.64. The number of H-pyrrole nitrogens is 1. The molecule has 1 aromatic carbocycles. The molecule has 72 valence electrons. The zero-order valence-corrected chi connectivity index (χ0v) is 8.12. The molecule has 5 heteroatoms. The van der Waals surface area contributed by atoms with Crippen LogP contribution in [0.25, 0.3) is 0 Å². The Morgan fingerprint density at radius 3 is 2.64 bits per heavy atom. The van der Waals surface area contributed by atoms with Gasteiger partial charge in [-0.15, -0.1) is 0 Å². The van der Waals surface area contributed by atoms with Gasteiger partial charge >= 0.3 is 5.69 Å². The predicted octanol–water partition coefficient (Wildman–Crippen LogP) is 0.525. The molecule has 1 heterocycles. The van der Waals surface area contributed by atoms with Gasteiger partial charge in [0.2, 0.25) is 0 Å². The molecule has 0 spiro atoms. The molecule has 2 aromatic rings. The fourth-order valence-corrected chi connectivity index (χ4v) is 1.40. The SMILES string of the molecule is O=c1[nH]nc([S-])n1Cc1ccccc1. The molecule has 0 radical (unpaired) electrons. The van der Waals surface area contributed by atoms with Gasteiger partial charge in [0.05, 0.1) is 6.54 Å². The van der Waals surface area contributed by atoms with Crippen molar-refractivity contribution < 1.29 is 0 Å². The number of aromatic nitrogens is 3. The second kappa shape index (κ2) is 3.63. The topological polar surface area (TPSA) is 50.7 Å². The highest BCUT2D eigenvalue weighted by Gasteiger charge is 1.98. The summed E-state index contributed by atoms with van der Waals surface area (Å²) >= 11 is 4.89. The van der Waals surface area contributed by atoms with E-state index in [4.69, 9.17) is 12.6 Å². The molecule has 4 nitrogen and oxygen atoms in total. The summed E-state index contributed by atoms with van der Waals surface area (Å²) in [4.78, 5) is 11.2. The highest BCUT2D eigenvalue weighted by molar-refractivity contribution is 7.58. The monoisotopic (exact) mass is 206 g/mol. The molecule has 0 amide bonds. The third-order valence-corrected chi connectivity index (χ3v) is 2.22. The molecule has 0 fully saturated rings. The lowest BCUT2D eigenvalue weighted by molar-refractivity contribution is 0.689. The van der Waals surface area contributed by atoms with E-state index in [-0.39, 0.29) is 5.69 Å². The Balaban J connectivity index is 2.32. The molecular weight excluding hydrogens is 198 g/mol. The molecular formula is C9H8N3OS-. The van der Waals surface area contributed by atoms with Crippen LogP contribution in [0.15, 0.2) is 40.3 Å². The van der Waals surface area contributed by atoms with Gasteiger partial charge in [-0.25, -0.2) is 9.89 Å². The van der Waals surface area contributed by atoms with E-state index in [0.29, 0.717) is 11.7 Å². The largest absolute Gasteiger partial charge is 0.740 e. The first-order valence-corrected chi connectivity index (χ1v) is 4.54. The molecule has 0 atom stereocenters. The Labute approximate surface area is 86.0 Å². The molecule has 1 aromatic heterocycles. The first-order valence-electron chi connectivity index (χ1n) is 4.13. The number of nitrogens with zero attached hydrogens (tertiary/aromatic N) is 2. The Hall–Kier alpha value is -1.62. The minimum absolute atomic E-state index is 0.265. The maximum atomic E-state index is 11.2. The standard InChI is InChI=1S/C9H9N3OS/c13-8-10-11-9(14)12(8)6-7-4-2-1-3-5-7/h1-5H,6H2,(H,10,13)(H,11,14)/p-1. The van der Waals surface area contributed by atoms with Crippen LogP contribution in [0, 0.1) is 0 Å². The molecule has 0 bridgehead atoms. The molecule has 0 saturated carbocycles. The summed E-state index contributed by atoms with van der Waals surface area (Å²) < 4.78 is 1.42. The van der Waals surface area contributed by atoms with E-state index in [0.717, 1.165) is 5.56 Å². The number of hydrogen-bond acceptors (Lipinski definition) is 3. The quantitative estimate of drug-likeness (QED) is 0.729. The van der Waals surface area contributed by atoms with Gasteiger partial charge in [-0.2, -0.15) is 5.10 Å². The van der Waals surface area contributed by atoms with Crippen molar-refractivity contribution in [1.29, 1.82) is 0 Å². The van der Waals surface area contributed by atoms with Gasteiger partial charge in [0.1, 0.15) is 0 Å². The van der Waals surface area contributed by atoms with Crippen LogP contribution in [0.4, 0.5) is 0 Å². The van der Waals surface area contributed by atoms with E-state index in [9.17, 15) is 4.79 Å². The van der Waals surface area contributed by atoms with Crippen molar-refractivity contribution in [2.24, 2.45) is 0 Å². The zero-order chi connectivity index (χ0) is 9.97. The van der Waals surface area contributed by atoms with Gasteiger partial charge in [-0.05, 0) is 5.56 Å². The lowest BCUT2D eigenvalue weighted by Gasteiger charge is -2.07. The molecule has 1 N–H and O–H groups in total. The van der Waals surface area contributed by atoms with Gasteiger partial charge in [0, 0.05) is 5.16 Å². The number of rotatable bonds is 2. The van der Waals surface area contributed by atoms with Crippen LogP contribution >= 0.6 is 0 Å².